The molecule has 0 fully saturated rings. The Morgan fingerprint density at radius 1 is 1.15 bits per heavy atom. The Kier molecular flexibility index (Phi) is 5.97. The highest BCUT2D eigenvalue weighted by Gasteiger charge is 2.00. The van der Waals surface area contributed by atoms with Gasteiger partial charge >= 0.3 is 5.97 Å². The van der Waals surface area contributed by atoms with Crippen LogP contribution in [0.2, 0.25) is 0 Å². The first-order valence-electron chi connectivity index (χ1n) is 5.97. The molecule has 0 unspecified atom stereocenters. The van der Waals surface area contributed by atoms with Gasteiger partial charge in [-0.15, -0.1) is 0 Å². The molecule has 1 aromatic rings. The first-order valence-corrected chi connectivity index (χ1v) is 5.97. The number of carbonyl (C=O) groups is 2. The van der Waals surface area contributed by atoms with Crippen LogP contribution in [-0.4, -0.2) is 12.4 Å². The lowest BCUT2D eigenvalue weighted by Crippen LogP contribution is -2.02. The van der Waals surface area contributed by atoms with Gasteiger partial charge in [-0.3, -0.25) is 4.79 Å². The first kappa shape index (κ1) is 15.4. The Hall–Kier alpha value is -2.62. The van der Waals surface area contributed by atoms with Crippen molar-refractivity contribution >= 4 is 18.0 Å². The molecule has 0 atom stereocenters. The molecule has 0 N–H and O–H groups in total. The molecule has 4 heteroatoms. The second-order valence-corrected chi connectivity index (χ2v) is 3.99. The van der Waals surface area contributed by atoms with Gasteiger partial charge in [0.2, 0.25) is 0 Å². The third-order valence-corrected chi connectivity index (χ3v) is 2.50. The van der Waals surface area contributed by atoms with Gasteiger partial charge in [-0.1, -0.05) is 24.8 Å². The minimum Gasteiger partial charge on any atom is -0.434 e. The van der Waals surface area contributed by atoms with Crippen LogP contribution in [0.3, 0.4) is 0 Å². The van der Waals surface area contributed by atoms with Crippen LogP contribution in [0.25, 0.3) is 5.57 Å². The molecule has 4 nitrogen and oxygen atoms in total. The third-order valence-electron chi connectivity index (χ3n) is 2.50. The van der Waals surface area contributed by atoms with Gasteiger partial charge < -0.3 is 9.47 Å². The topological polar surface area (TPSA) is 52.6 Å². The van der Waals surface area contributed by atoms with Crippen LogP contribution in [0.1, 0.15) is 19.4 Å². The summed E-state index contributed by atoms with van der Waals surface area (Å²) in [7, 11) is 0. The number of ether oxygens (including phenoxy) is 2. The number of allylic oxidation sites excluding steroid dienone is 4. The van der Waals surface area contributed by atoms with E-state index in [0.717, 1.165) is 17.2 Å². The summed E-state index contributed by atoms with van der Waals surface area (Å²) in [5.74, 6) is 0.480. The van der Waals surface area contributed by atoms with E-state index >= 15 is 0 Å². The van der Waals surface area contributed by atoms with Crippen LogP contribution >= 0.6 is 0 Å². The lowest BCUT2D eigenvalue weighted by molar-refractivity contribution is -0.129. The highest BCUT2D eigenvalue weighted by atomic mass is 16.5. The van der Waals surface area contributed by atoms with Crippen molar-refractivity contribution < 1.29 is 19.1 Å². The smallest absolute Gasteiger partial charge is 0.335 e. The van der Waals surface area contributed by atoms with Crippen molar-refractivity contribution in [3.8, 4) is 5.75 Å². The maximum Gasteiger partial charge on any atom is 0.335 e. The minimum atomic E-state index is -0.491. The molecule has 0 bridgehead atoms. The molecule has 0 amide bonds. The summed E-state index contributed by atoms with van der Waals surface area (Å²) in [4.78, 5) is 21.2. The van der Waals surface area contributed by atoms with E-state index in [9.17, 15) is 9.59 Å². The van der Waals surface area contributed by atoms with Crippen molar-refractivity contribution in [2.75, 3.05) is 0 Å². The van der Waals surface area contributed by atoms with Crippen LogP contribution < -0.4 is 4.74 Å². The summed E-state index contributed by atoms with van der Waals surface area (Å²) < 4.78 is 9.65. The van der Waals surface area contributed by atoms with Crippen LogP contribution in [0.15, 0.2) is 54.8 Å². The van der Waals surface area contributed by atoms with Crippen LogP contribution in [0.4, 0.5) is 0 Å². The van der Waals surface area contributed by atoms with Crippen molar-refractivity contribution in [1.82, 2.24) is 0 Å². The number of benzene rings is 1. The number of esters is 1. The summed E-state index contributed by atoms with van der Waals surface area (Å²) in [6, 6.07) is 7.07. The van der Waals surface area contributed by atoms with Gasteiger partial charge in [0, 0.05) is 6.08 Å². The summed E-state index contributed by atoms with van der Waals surface area (Å²) in [5.41, 5.74) is 1.96. The molecule has 0 saturated carbocycles. The van der Waals surface area contributed by atoms with Crippen LogP contribution in [0, 0.1) is 0 Å². The molecule has 0 heterocycles. The molecule has 0 aliphatic carbocycles. The van der Waals surface area contributed by atoms with Gasteiger partial charge in [-0.25, -0.2) is 4.79 Å². The fourth-order valence-electron chi connectivity index (χ4n) is 1.40. The fraction of sp³-hybridized carbons (Fsp3) is 0.125. The van der Waals surface area contributed by atoms with Gasteiger partial charge in [0.25, 0.3) is 6.47 Å². The van der Waals surface area contributed by atoms with E-state index in [1.807, 2.05) is 25.1 Å². The van der Waals surface area contributed by atoms with E-state index in [0.29, 0.717) is 18.0 Å². The minimum absolute atomic E-state index is 0.387. The predicted octanol–water partition coefficient (Wildman–Crippen LogP) is 3.26. The standard InChI is InChI=1S/C16H16O4/c1-4-16(18)20-15-9-7-14(8-10-15)12(2)5-6-13(3)19-11-17/h4-11H,1H2,2-3H3/b12-5+,13-6+. The maximum atomic E-state index is 11.0. The van der Waals surface area contributed by atoms with Gasteiger partial charge in [0.1, 0.15) is 11.5 Å². The second-order valence-electron chi connectivity index (χ2n) is 3.99. The van der Waals surface area contributed by atoms with Gasteiger partial charge in [-0.2, -0.15) is 0 Å². The Morgan fingerprint density at radius 2 is 1.80 bits per heavy atom. The van der Waals surface area contributed by atoms with Crippen molar-refractivity contribution in [1.29, 1.82) is 0 Å². The molecule has 0 aromatic heterocycles. The van der Waals surface area contributed by atoms with E-state index < -0.39 is 5.97 Å². The number of carbonyl (C=O) groups excluding carboxylic acids is 2. The summed E-state index contributed by atoms with van der Waals surface area (Å²) in [5, 5.41) is 0. The zero-order chi connectivity index (χ0) is 15.0. The molecular formula is C16H16O4. The largest absolute Gasteiger partial charge is 0.434 e. The van der Waals surface area contributed by atoms with E-state index in [2.05, 4.69) is 11.3 Å². The average Bonchev–Trinajstić information content (AvgIpc) is 2.45. The summed E-state index contributed by atoms with van der Waals surface area (Å²) in [6.45, 7) is 7.33. The molecule has 1 aromatic carbocycles. The molecule has 0 radical (unpaired) electrons. The normalized spacial score (nSPS) is 11.7. The molecule has 20 heavy (non-hydrogen) atoms. The molecule has 0 saturated heterocycles. The predicted molar refractivity (Wildman–Crippen MR) is 76.8 cm³/mol. The zero-order valence-electron chi connectivity index (χ0n) is 11.5. The Balaban J connectivity index is 2.79. The average molecular weight is 272 g/mol. The molecule has 1 rings (SSSR count). The van der Waals surface area contributed by atoms with Crippen molar-refractivity contribution in [2.24, 2.45) is 0 Å². The molecule has 0 spiro atoms. The number of rotatable bonds is 6. The fourth-order valence-corrected chi connectivity index (χ4v) is 1.40. The van der Waals surface area contributed by atoms with E-state index in [1.165, 1.54) is 0 Å². The maximum absolute atomic E-state index is 11.0. The van der Waals surface area contributed by atoms with Crippen molar-refractivity contribution in [3.05, 3.63) is 60.4 Å². The molecule has 104 valence electrons. The highest BCUT2D eigenvalue weighted by Crippen LogP contribution is 2.19. The number of hydrogen-bond donors (Lipinski definition) is 0. The molecule has 0 aliphatic heterocycles. The van der Waals surface area contributed by atoms with Crippen LogP contribution in [-0.2, 0) is 14.3 Å². The van der Waals surface area contributed by atoms with Gasteiger partial charge in [0.15, 0.2) is 0 Å². The molecular weight excluding hydrogens is 256 g/mol. The zero-order valence-corrected chi connectivity index (χ0v) is 11.5. The quantitative estimate of drug-likeness (QED) is 0.199. The van der Waals surface area contributed by atoms with E-state index in [1.54, 1.807) is 25.1 Å². The summed E-state index contributed by atoms with van der Waals surface area (Å²) >= 11 is 0. The van der Waals surface area contributed by atoms with Gasteiger partial charge in [0.05, 0.1) is 0 Å². The van der Waals surface area contributed by atoms with Crippen LogP contribution in [0.5, 0.6) is 5.75 Å². The highest BCUT2D eigenvalue weighted by molar-refractivity contribution is 5.83. The number of hydrogen-bond acceptors (Lipinski definition) is 4. The van der Waals surface area contributed by atoms with E-state index in [-0.39, 0.29) is 0 Å². The van der Waals surface area contributed by atoms with Crippen molar-refractivity contribution in [3.63, 3.8) is 0 Å². The Labute approximate surface area is 118 Å². The Morgan fingerprint density at radius 3 is 2.35 bits per heavy atom. The Bertz CT molecular complexity index is 550. The molecule has 0 aliphatic rings. The summed E-state index contributed by atoms with van der Waals surface area (Å²) in [6.07, 6.45) is 4.65. The lowest BCUT2D eigenvalue weighted by atomic mass is 10.1. The third kappa shape index (κ3) is 4.94. The van der Waals surface area contributed by atoms with E-state index in [4.69, 9.17) is 4.74 Å². The monoisotopic (exact) mass is 272 g/mol. The second kappa shape index (κ2) is 7.74. The first-order chi connectivity index (χ1) is 9.56. The van der Waals surface area contributed by atoms with Gasteiger partial charge in [-0.05, 0) is 43.2 Å². The van der Waals surface area contributed by atoms with Crippen molar-refractivity contribution in [2.45, 2.75) is 13.8 Å². The SMILES string of the molecule is C=CC(=O)Oc1ccc(/C(C)=C/C=C(\C)OC=O)cc1. The lowest BCUT2D eigenvalue weighted by Gasteiger charge is -2.04.